The highest BCUT2D eigenvalue weighted by Gasteiger charge is 2.38. The maximum Gasteiger partial charge on any atom is 0.224 e. The summed E-state index contributed by atoms with van der Waals surface area (Å²) < 4.78 is 0. The lowest BCUT2D eigenvalue weighted by atomic mass is 9.80. The summed E-state index contributed by atoms with van der Waals surface area (Å²) in [6.45, 7) is 8.11. The van der Waals surface area contributed by atoms with Crippen molar-refractivity contribution in [3.8, 4) is 6.07 Å². The molecular formula is C25H30N4O. The van der Waals surface area contributed by atoms with Crippen LogP contribution in [0.25, 0.3) is 0 Å². The third-order valence-electron chi connectivity index (χ3n) is 6.83. The number of nitrogens with one attached hydrogen (secondary N) is 2. The van der Waals surface area contributed by atoms with Gasteiger partial charge in [-0.05, 0) is 80.2 Å². The Morgan fingerprint density at radius 2 is 1.83 bits per heavy atom. The van der Waals surface area contributed by atoms with E-state index in [0.717, 1.165) is 37.3 Å². The zero-order chi connectivity index (χ0) is 21.3. The van der Waals surface area contributed by atoms with Gasteiger partial charge in [0.05, 0.1) is 17.7 Å². The lowest BCUT2D eigenvalue weighted by molar-refractivity contribution is -0.117. The summed E-state index contributed by atoms with van der Waals surface area (Å²) >= 11 is 0. The van der Waals surface area contributed by atoms with Gasteiger partial charge in [-0.15, -0.1) is 0 Å². The molecule has 3 atom stereocenters. The van der Waals surface area contributed by atoms with Crippen LogP contribution in [0.2, 0.25) is 0 Å². The van der Waals surface area contributed by atoms with Gasteiger partial charge < -0.3 is 15.5 Å². The Bertz CT molecular complexity index is 956. The van der Waals surface area contributed by atoms with E-state index in [-0.39, 0.29) is 23.9 Å². The Kier molecular flexibility index (Phi) is 5.78. The van der Waals surface area contributed by atoms with Gasteiger partial charge in [-0.1, -0.05) is 19.1 Å². The van der Waals surface area contributed by atoms with Crippen LogP contribution < -0.4 is 15.5 Å². The highest BCUT2D eigenvalue weighted by atomic mass is 16.2. The first-order valence-electron chi connectivity index (χ1n) is 10.9. The Balaban J connectivity index is 1.74. The second-order valence-electron chi connectivity index (χ2n) is 8.64. The van der Waals surface area contributed by atoms with Crippen LogP contribution in [-0.4, -0.2) is 25.0 Å². The van der Waals surface area contributed by atoms with E-state index >= 15 is 0 Å². The highest BCUT2D eigenvalue weighted by Crippen LogP contribution is 2.44. The molecule has 3 unspecified atom stereocenters. The monoisotopic (exact) mass is 402 g/mol. The molecule has 2 N–H and O–H groups in total. The second kappa shape index (κ2) is 8.49. The molecular weight excluding hydrogens is 372 g/mol. The van der Waals surface area contributed by atoms with E-state index in [2.05, 4.69) is 48.7 Å². The van der Waals surface area contributed by atoms with Crippen LogP contribution in [-0.2, 0) is 4.79 Å². The average Bonchev–Trinajstić information content (AvgIpc) is 2.77. The summed E-state index contributed by atoms with van der Waals surface area (Å²) in [4.78, 5) is 14.5. The highest BCUT2D eigenvalue weighted by molar-refractivity contribution is 5.94. The van der Waals surface area contributed by atoms with E-state index in [1.807, 2.05) is 29.2 Å². The average molecular weight is 403 g/mol. The van der Waals surface area contributed by atoms with Crippen LogP contribution in [0, 0.1) is 17.2 Å². The summed E-state index contributed by atoms with van der Waals surface area (Å²) in [6, 6.07) is 16.7. The van der Waals surface area contributed by atoms with Gasteiger partial charge in [0, 0.05) is 30.3 Å². The Morgan fingerprint density at radius 3 is 2.47 bits per heavy atom. The lowest BCUT2D eigenvalue weighted by Crippen LogP contribution is -2.48. The molecule has 1 amide bonds. The van der Waals surface area contributed by atoms with Gasteiger partial charge in [-0.25, -0.2) is 0 Å². The van der Waals surface area contributed by atoms with Gasteiger partial charge in [0.1, 0.15) is 0 Å². The third kappa shape index (κ3) is 3.80. The first-order chi connectivity index (χ1) is 14.5. The van der Waals surface area contributed by atoms with Gasteiger partial charge in [0.2, 0.25) is 5.91 Å². The number of carbonyl (C=O) groups is 1. The first kappa shape index (κ1) is 20.4. The standard InChI is InChI=1S/C25H30N4O/c1-16-17(2)29(18(3)30)24-9-6-21(20-10-12-27-13-11-20)14-23(24)25(16)28-22-7-4-19(15-26)5-8-22/h4-9,14,16-17,20,25,27-28H,10-13H2,1-3H3. The minimum atomic E-state index is 0.0852. The summed E-state index contributed by atoms with van der Waals surface area (Å²) in [5.41, 5.74) is 5.22. The number of hydrogen-bond acceptors (Lipinski definition) is 4. The number of nitrogens with zero attached hydrogens (tertiary/aromatic N) is 2. The predicted molar refractivity (Wildman–Crippen MR) is 121 cm³/mol. The molecule has 1 saturated heterocycles. The smallest absolute Gasteiger partial charge is 0.224 e. The molecule has 2 aliphatic heterocycles. The maximum absolute atomic E-state index is 12.5. The normalized spacial score (nSPS) is 24.1. The summed E-state index contributed by atoms with van der Waals surface area (Å²) in [6.07, 6.45) is 2.30. The van der Waals surface area contributed by atoms with Gasteiger partial charge in [0.15, 0.2) is 0 Å². The van der Waals surface area contributed by atoms with Crippen LogP contribution in [0.15, 0.2) is 42.5 Å². The van der Waals surface area contributed by atoms with E-state index in [9.17, 15) is 4.79 Å². The molecule has 0 spiro atoms. The van der Waals surface area contributed by atoms with Gasteiger partial charge in [-0.2, -0.15) is 5.26 Å². The maximum atomic E-state index is 12.5. The van der Waals surface area contributed by atoms with Crippen molar-refractivity contribution in [1.82, 2.24) is 5.32 Å². The number of anilines is 2. The molecule has 0 bridgehead atoms. The van der Waals surface area contributed by atoms with E-state index in [1.165, 1.54) is 11.1 Å². The van der Waals surface area contributed by atoms with Crippen molar-refractivity contribution in [3.63, 3.8) is 0 Å². The minimum Gasteiger partial charge on any atom is -0.378 e. The van der Waals surface area contributed by atoms with Crippen LogP contribution in [0.5, 0.6) is 0 Å². The van der Waals surface area contributed by atoms with E-state index in [1.54, 1.807) is 6.92 Å². The van der Waals surface area contributed by atoms with Crippen LogP contribution in [0.4, 0.5) is 11.4 Å². The summed E-state index contributed by atoms with van der Waals surface area (Å²) in [5, 5.41) is 16.2. The van der Waals surface area contributed by atoms with E-state index < -0.39 is 0 Å². The fraction of sp³-hybridized carbons (Fsp3) is 0.440. The number of rotatable bonds is 3. The minimum absolute atomic E-state index is 0.0852. The molecule has 0 saturated carbocycles. The van der Waals surface area contributed by atoms with Crippen molar-refractivity contribution in [1.29, 1.82) is 5.26 Å². The van der Waals surface area contributed by atoms with Crippen LogP contribution in [0.3, 0.4) is 0 Å². The summed E-state index contributed by atoms with van der Waals surface area (Å²) in [5.74, 6) is 0.884. The zero-order valence-corrected chi connectivity index (χ0v) is 18.0. The van der Waals surface area contributed by atoms with Gasteiger partial charge >= 0.3 is 0 Å². The molecule has 156 valence electrons. The number of fused-ring (bicyclic) bond motifs is 1. The fourth-order valence-electron chi connectivity index (χ4n) is 4.95. The SMILES string of the molecule is CC(=O)N1c2ccc(C3CCNCC3)cc2C(Nc2ccc(C#N)cc2)C(C)C1C. The molecule has 5 nitrogen and oxygen atoms in total. The van der Waals surface area contributed by atoms with Crippen LogP contribution in [0.1, 0.15) is 62.3 Å². The van der Waals surface area contributed by atoms with Crippen molar-refractivity contribution in [3.05, 3.63) is 59.2 Å². The lowest BCUT2D eigenvalue weighted by Gasteiger charge is -2.44. The topological polar surface area (TPSA) is 68.2 Å². The predicted octanol–water partition coefficient (Wildman–Crippen LogP) is 4.57. The second-order valence-corrected chi connectivity index (χ2v) is 8.64. The van der Waals surface area contributed by atoms with Gasteiger partial charge in [0.25, 0.3) is 0 Å². The van der Waals surface area contributed by atoms with Gasteiger partial charge in [-0.3, -0.25) is 4.79 Å². The number of amides is 1. The quantitative estimate of drug-likeness (QED) is 0.789. The fourth-order valence-corrected chi connectivity index (χ4v) is 4.95. The molecule has 0 radical (unpaired) electrons. The number of nitriles is 1. The van der Waals surface area contributed by atoms with Crippen molar-refractivity contribution in [2.45, 2.75) is 51.6 Å². The number of benzene rings is 2. The molecule has 0 aromatic heterocycles. The summed E-state index contributed by atoms with van der Waals surface area (Å²) in [7, 11) is 0. The molecule has 4 rings (SSSR count). The molecule has 1 fully saturated rings. The van der Waals surface area contributed by atoms with E-state index in [4.69, 9.17) is 5.26 Å². The molecule has 2 aromatic carbocycles. The van der Waals surface area contributed by atoms with Crippen molar-refractivity contribution < 1.29 is 4.79 Å². The van der Waals surface area contributed by atoms with Crippen molar-refractivity contribution in [2.75, 3.05) is 23.3 Å². The third-order valence-corrected chi connectivity index (χ3v) is 6.83. The zero-order valence-electron chi connectivity index (χ0n) is 18.0. The van der Waals surface area contributed by atoms with Crippen molar-refractivity contribution in [2.24, 2.45) is 5.92 Å². The Hall–Kier alpha value is -2.84. The molecule has 2 heterocycles. The first-order valence-corrected chi connectivity index (χ1v) is 10.9. The molecule has 30 heavy (non-hydrogen) atoms. The molecule has 5 heteroatoms. The van der Waals surface area contributed by atoms with E-state index in [0.29, 0.717) is 11.5 Å². The number of piperidine rings is 1. The number of hydrogen-bond donors (Lipinski definition) is 2. The molecule has 2 aliphatic rings. The van der Waals surface area contributed by atoms with Crippen molar-refractivity contribution >= 4 is 17.3 Å². The largest absolute Gasteiger partial charge is 0.378 e. The molecule has 0 aliphatic carbocycles. The Morgan fingerprint density at radius 1 is 1.13 bits per heavy atom. The van der Waals surface area contributed by atoms with Crippen LogP contribution >= 0.6 is 0 Å². The Labute approximate surface area is 179 Å². The molecule has 2 aromatic rings. The number of carbonyl (C=O) groups excluding carboxylic acids is 1.